The number of aliphatic hydroxyl groups excluding tert-OH is 1. The summed E-state index contributed by atoms with van der Waals surface area (Å²) in [7, 11) is 0. The van der Waals surface area contributed by atoms with Crippen LogP contribution in [0.4, 0.5) is 0 Å². The summed E-state index contributed by atoms with van der Waals surface area (Å²) < 4.78 is 0. The van der Waals surface area contributed by atoms with Gasteiger partial charge in [0.05, 0.1) is 6.10 Å². The number of hydrogen-bond acceptors (Lipinski definition) is 1. The molecule has 1 atom stereocenters. The van der Waals surface area contributed by atoms with Crippen LogP contribution in [0, 0.1) is 12.8 Å². The van der Waals surface area contributed by atoms with Crippen molar-refractivity contribution in [3.05, 3.63) is 47.5 Å². The van der Waals surface area contributed by atoms with E-state index in [1.54, 1.807) is 0 Å². The van der Waals surface area contributed by atoms with Crippen molar-refractivity contribution in [3.8, 4) is 0 Å². The standard InChI is InChI=1S/C20H26O/c1-15-13-14-19(18-12-8-7-11-17(15)18)20(21)16-9-5-3-2-4-6-10-16/h7-8,11-14,16,20-21H,2-6,9-10H2,1H3. The van der Waals surface area contributed by atoms with Gasteiger partial charge in [-0.3, -0.25) is 0 Å². The van der Waals surface area contributed by atoms with Crippen LogP contribution in [0.5, 0.6) is 0 Å². The fraction of sp³-hybridized carbons (Fsp3) is 0.500. The molecule has 1 saturated carbocycles. The van der Waals surface area contributed by atoms with Gasteiger partial charge in [-0.2, -0.15) is 0 Å². The molecule has 1 N–H and O–H groups in total. The fourth-order valence-electron chi connectivity index (χ4n) is 3.79. The molecule has 1 fully saturated rings. The van der Waals surface area contributed by atoms with E-state index in [4.69, 9.17) is 0 Å². The van der Waals surface area contributed by atoms with E-state index in [2.05, 4.69) is 43.3 Å². The van der Waals surface area contributed by atoms with E-state index < -0.39 is 0 Å². The van der Waals surface area contributed by atoms with Crippen LogP contribution in [0.15, 0.2) is 36.4 Å². The van der Waals surface area contributed by atoms with E-state index in [0.717, 1.165) is 5.56 Å². The van der Waals surface area contributed by atoms with Crippen molar-refractivity contribution < 1.29 is 5.11 Å². The van der Waals surface area contributed by atoms with Gasteiger partial charge in [0.2, 0.25) is 0 Å². The number of hydrogen-bond donors (Lipinski definition) is 1. The zero-order valence-corrected chi connectivity index (χ0v) is 13.0. The first-order chi connectivity index (χ1) is 10.3. The van der Waals surface area contributed by atoms with E-state index in [9.17, 15) is 5.11 Å². The van der Waals surface area contributed by atoms with Crippen LogP contribution < -0.4 is 0 Å². The van der Waals surface area contributed by atoms with Gasteiger partial charge in [0.15, 0.2) is 0 Å². The molecule has 1 aliphatic rings. The average molecular weight is 282 g/mol. The van der Waals surface area contributed by atoms with Crippen LogP contribution in [0.2, 0.25) is 0 Å². The summed E-state index contributed by atoms with van der Waals surface area (Å²) in [5.74, 6) is 0.427. The molecule has 1 unspecified atom stereocenters. The fourth-order valence-corrected chi connectivity index (χ4v) is 3.79. The van der Waals surface area contributed by atoms with E-state index in [1.165, 1.54) is 61.3 Å². The first kappa shape index (κ1) is 14.6. The van der Waals surface area contributed by atoms with Crippen molar-refractivity contribution in [1.29, 1.82) is 0 Å². The number of fused-ring (bicyclic) bond motifs is 1. The molecule has 0 aromatic heterocycles. The summed E-state index contributed by atoms with van der Waals surface area (Å²) in [6, 6.07) is 12.8. The molecular formula is C20H26O. The summed E-state index contributed by atoms with van der Waals surface area (Å²) in [5, 5.41) is 13.5. The Morgan fingerprint density at radius 1 is 0.857 bits per heavy atom. The Labute approximate surface area is 128 Å². The van der Waals surface area contributed by atoms with E-state index in [1.807, 2.05) is 0 Å². The first-order valence-corrected chi connectivity index (χ1v) is 8.43. The molecule has 0 heterocycles. The Hall–Kier alpha value is -1.34. The maximum Gasteiger partial charge on any atom is 0.0824 e. The molecule has 112 valence electrons. The molecule has 2 aromatic rings. The maximum atomic E-state index is 11.0. The van der Waals surface area contributed by atoms with Crippen LogP contribution in [0.1, 0.15) is 62.2 Å². The van der Waals surface area contributed by atoms with Crippen LogP contribution in [-0.4, -0.2) is 5.11 Å². The molecule has 0 spiro atoms. The molecule has 3 rings (SSSR count). The highest BCUT2D eigenvalue weighted by atomic mass is 16.3. The Morgan fingerprint density at radius 3 is 2.19 bits per heavy atom. The largest absolute Gasteiger partial charge is 0.388 e. The van der Waals surface area contributed by atoms with Gasteiger partial charge in [-0.05, 0) is 47.6 Å². The third-order valence-electron chi connectivity index (χ3n) is 5.09. The lowest BCUT2D eigenvalue weighted by Gasteiger charge is -2.26. The smallest absolute Gasteiger partial charge is 0.0824 e. The minimum atomic E-state index is -0.311. The van der Waals surface area contributed by atoms with Gasteiger partial charge in [0.1, 0.15) is 0 Å². The quantitative estimate of drug-likeness (QED) is 0.766. The predicted molar refractivity (Wildman–Crippen MR) is 89.5 cm³/mol. The molecule has 0 radical (unpaired) electrons. The Balaban J connectivity index is 1.93. The minimum Gasteiger partial charge on any atom is -0.388 e. The second-order valence-electron chi connectivity index (χ2n) is 6.57. The average Bonchev–Trinajstić information content (AvgIpc) is 2.47. The topological polar surface area (TPSA) is 20.2 Å². The highest BCUT2D eigenvalue weighted by Gasteiger charge is 2.23. The zero-order chi connectivity index (χ0) is 14.7. The highest BCUT2D eigenvalue weighted by molar-refractivity contribution is 5.88. The summed E-state index contributed by atoms with van der Waals surface area (Å²) in [4.78, 5) is 0. The van der Waals surface area contributed by atoms with Crippen molar-refractivity contribution in [1.82, 2.24) is 0 Å². The van der Waals surface area contributed by atoms with E-state index >= 15 is 0 Å². The lowest BCUT2D eigenvalue weighted by atomic mass is 9.83. The number of benzene rings is 2. The van der Waals surface area contributed by atoms with Crippen LogP contribution in [0.25, 0.3) is 10.8 Å². The van der Waals surface area contributed by atoms with Gasteiger partial charge < -0.3 is 5.11 Å². The van der Waals surface area contributed by atoms with E-state index in [0.29, 0.717) is 5.92 Å². The lowest BCUT2D eigenvalue weighted by molar-refractivity contribution is 0.0925. The van der Waals surface area contributed by atoms with Crippen LogP contribution in [-0.2, 0) is 0 Å². The lowest BCUT2D eigenvalue weighted by Crippen LogP contribution is -2.14. The number of aliphatic hydroxyl groups is 1. The molecule has 21 heavy (non-hydrogen) atoms. The normalized spacial score (nSPS) is 19.1. The molecule has 0 bridgehead atoms. The molecular weight excluding hydrogens is 256 g/mol. The molecule has 1 heteroatoms. The monoisotopic (exact) mass is 282 g/mol. The SMILES string of the molecule is Cc1ccc(C(O)C2CCCCCCC2)c2ccccc12. The summed E-state index contributed by atoms with van der Waals surface area (Å²) >= 11 is 0. The van der Waals surface area contributed by atoms with Gasteiger partial charge in [-0.25, -0.2) is 0 Å². The van der Waals surface area contributed by atoms with Crippen molar-refractivity contribution >= 4 is 10.8 Å². The highest BCUT2D eigenvalue weighted by Crippen LogP contribution is 2.36. The molecule has 1 aliphatic carbocycles. The predicted octanol–water partition coefficient (Wildman–Crippen LogP) is 5.54. The Bertz CT molecular complexity index is 594. The van der Waals surface area contributed by atoms with Gasteiger partial charge in [0, 0.05) is 0 Å². The first-order valence-electron chi connectivity index (χ1n) is 8.43. The van der Waals surface area contributed by atoms with Crippen molar-refractivity contribution in [2.45, 2.75) is 58.0 Å². The summed E-state index contributed by atoms with van der Waals surface area (Å²) in [5.41, 5.74) is 2.42. The molecule has 0 saturated heterocycles. The zero-order valence-electron chi connectivity index (χ0n) is 13.0. The van der Waals surface area contributed by atoms with Crippen molar-refractivity contribution in [3.63, 3.8) is 0 Å². The molecule has 0 amide bonds. The third-order valence-corrected chi connectivity index (χ3v) is 5.09. The minimum absolute atomic E-state index is 0.311. The van der Waals surface area contributed by atoms with Gasteiger partial charge >= 0.3 is 0 Å². The molecule has 2 aromatic carbocycles. The Kier molecular flexibility index (Phi) is 4.60. The van der Waals surface area contributed by atoms with Crippen molar-refractivity contribution in [2.75, 3.05) is 0 Å². The third kappa shape index (κ3) is 3.13. The summed E-state index contributed by atoms with van der Waals surface area (Å²) in [6.45, 7) is 2.15. The Morgan fingerprint density at radius 2 is 1.48 bits per heavy atom. The second-order valence-corrected chi connectivity index (χ2v) is 6.57. The van der Waals surface area contributed by atoms with Gasteiger partial charge in [-0.1, -0.05) is 68.5 Å². The summed E-state index contributed by atoms with van der Waals surface area (Å²) in [6.07, 6.45) is 8.60. The number of rotatable bonds is 2. The maximum absolute atomic E-state index is 11.0. The van der Waals surface area contributed by atoms with Crippen LogP contribution in [0.3, 0.4) is 0 Å². The van der Waals surface area contributed by atoms with Gasteiger partial charge in [-0.15, -0.1) is 0 Å². The number of aryl methyl sites for hydroxylation is 1. The molecule has 0 aliphatic heterocycles. The molecule has 1 nitrogen and oxygen atoms in total. The van der Waals surface area contributed by atoms with Gasteiger partial charge in [0.25, 0.3) is 0 Å². The van der Waals surface area contributed by atoms with Crippen LogP contribution >= 0.6 is 0 Å². The van der Waals surface area contributed by atoms with Crippen molar-refractivity contribution in [2.24, 2.45) is 5.92 Å². The van der Waals surface area contributed by atoms with E-state index in [-0.39, 0.29) is 6.10 Å². The second kappa shape index (κ2) is 6.62.